The maximum absolute atomic E-state index is 13.2. The molecule has 21 heavy (non-hydrogen) atoms. The van der Waals surface area contributed by atoms with Crippen LogP contribution in [0.1, 0.15) is 29.6 Å². The molecule has 1 aromatic rings. The van der Waals surface area contributed by atoms with Crippen molar-refractivity contribution in [3.63, 3.8) is 0 Å². The number of hydrogen-bond acceptors (Lipinski definition) is 5. The number of nitrogens with zero attached hydrogens (tertiary/aromatic N) is 1. The zero-order valence-electron chi connectivity index (χ0n) is 11.7. The number of carbonyl (C=O) groups excluding carboxylic acids is 1. The molecule has 3 N–H and O–H groups in total. The first-order chi connectivity index (χ1) is 9.97. The second-order valence-electron chi connectivity index (χ2n) is 4.46. The molecule has 0 saturated carbocycles. The number of nitro benzene ring substituents is 1. The molecule has 8 heteroatoms. The summed E-state index contributed by atoms with van der Waals surface area (Å²) in [6.07, 6.45) is 2.46. The van der Waals surface area contributed by atoms with Crippen molar-refractivity contribution in [2.24, 2.45) is 0 Å². The number of carbonyl (C=O) groups is 1. The molecule has 0 spiro atoms. The molecule has 0 aliphatic heterocycles. The fourth-order valence-electron chi connectivity index (χ4n) is 1.76. The van der Waals surface area contributed by atoms with Crippen molar-refractivity contribution in [3.05, 3.63) is 33.6 Å². The first-order valence-corrected chi connectivity index (χ1v) is 6.48. The average molecular weight is 299 g/mol. The van der Waals surface area contributed by atoms with Crippen LogP contribution in [0.15, 0.2) is 12.1 Å². The maximum Gasteiger partial charge on any atom is 0.285 e. The third kappa shape index (κ3) is 4.99. The number of ether oxygens (including phenoxy) is 1. The quantitative estimate of drug-likeness (QED) is 0.330. The van der Waals surface area contributed by atoms with Crippen LogP contribution in [0.3, 0.4) is 0 Å². The smallest absolute Gasteiger partial charge is 0.285 e. The maximum atomic E-state index is 13.2. The van der Waals surface area contributed by atoms with Crippen LogP contribution in [0.25, 0.3) is 0 Å². The van der Waals surface area contributed by atoms with E-state index in [1.807, 2.05) is 0 Å². The minimum absolute atomic E-state index is 0.240. The van der Waals surface area contributed by atoms with Gasteiger partial charge in [0, 0.05) is 20.3 Å². The SMILES string of the molecule is COCCCCCNC(=O)c1cc(N)c(F)cc1[N+](=O)[O-]. The third-order valence-electron chi connectivity index (χ3n) is 2.87. The van der Waals surface area contributed by atoms with Gasteiger partial charge in [-0.15, -0.1) is 0 Å². The molecule has 0 radical (unpaired) electrons. The molecular formula is C13H18FN3O4. The Bertz CT molecular complexity index is 522. The van der Waals surface area contributed by atoms with Crippen molar-refractivity contribution in [1.29, 1.82) is 0 Å². The van der Waals surface area contributed by atoms with Gasteiger partial charge in [-0.1, -0.05) is 0 Å². The molecule has 0 atom stereocenters. The van der Waals surface area contributed by atoms with E-state index in [0.29, 0.717) is 19.2 Å². The fraction of sp³-hybridized carbons (Fsp3) is 0.462. The highest BCUT2D eigenvalue weighted by Gasteiger charge is 2.22. The van der Waals surface area contributed by atoms with Crippen LogP contribution in [0.2, 0.25) is 0 Å². The highest BCUT2D eigenvalue weighted by atomic mass is 19.1. The van der Waals surface area contributed by atoms with Gasteiger partial charge < -0.3 is 15.8 Å². The van der Waals surface area contributed by atoms with E-state index in [0.717, 1.165) is 25.3 Å². The van der Waals surface area contributed by atoms with E-state index in [1.54, 1.807) is 7.11 Å². The second kappa shape index (κ2) is 8.15. The van der Waals surface area contributed by atoms with Gasteiger partial charge in [-0.05, 0) is 25.3 Å². The largest absolute Gasteiger partial charge is 0.396 e. The van der Waals surface area contributed by atoms with Crippen molar-refractivity contribution >= 4 is 17.3 Å². The molecule has 1 rings (SSSR count). The highest BCUT2D eigenvalue weighted by Crippen LogP contribution is 2.24. The van der Waals surface area contributed by atoms with Crippen molar-refractivity contribution < 1.29 is 18.8 Å². The lowest BCUT2D eigenvalue weighted by Gasteiger charge is -2.07. The fourth-order valence-corrected chi connectivity index (χ4v) is 1.76. The zero-order valence-corrected chi connectivity index (χ0v) is 11.7. The third-order valence-corrected chi connectivity index (χ3v) is 2.87. The molecule has 0 unspecified atom stereocenters. The molecule has 1 aromatic carbocycles. The molecule has 0 aliphatic rings. The number of hydrogen-bond donors (Lipinski definition) is 2. The molecule has 116 valence electrons. The summed E-state index contributed by atoms with van der Waals surface area (Å²) in [5.41, 5.74) is 4.21. The summed E-state index contributed by atoms with van der Waals surface area (Å²) in [5, 5.41) is 13.4. The monoisotopic (exact) mass is 299 g/mol. The van der Waals surface area contributed by atoms with E-state index in [-0.39, 0.29) is 11.3 Å². The summed E-state index contributed by atoms with van der Waals surface area (Å²) < 4.78 is 18.1. The number of nitrogen functional groups attached to an aromatic ring is 1. The molecular weight excluding hydrogens is 281 g/mol. The van der Waals surface area contributed by atoms with Gasteiger partial charge in [-0.2, -0.15) is 0 Å². The number of unbranched alkanes of at least 4 members (excludes halogenated alkanes) is 2. The lowest BCUT2D eigenvalue weighted by molar-refractivity contribution is -0.385. The molecule has 0 aromatic heterocycles. The summed E-state index contributed by atoms with van der Waals surface area (Å²) in [6.45, 7) is 1.02. The van der Waals surface area contributed by atoms with Gasteiger partial charge in [0.25, 0.3) is 11.6 Å². The first kappa shape index (κ1) is 16.8. The van der Waals surface area contributed by atoms with Crippen molar-refractivity contribution in [2.45, 2.75) is 19.3 Å². The molecule has 0 fully saturated rings. The minimum atomic E-state index is -0.919. The number of halogens is 1. The Hall–Kier alpha value is -2.22. The Labute approximate surface area is 121 Å². The molecule has 0 aliphatic carbocycles. The Morgan fingerprint density at radius 2 is 2.14 bits per heavy atom. The van der Waals surface area contributed by atoms with E-state index in [1.165, 1.54) is 0 Å². The number of benzene rings is 1. The van der Waals surface area contributed by atoms with Gasteiger partial charge >= 0.3 is 0 Å². The molecule has 1 amide bonds. The van der Waals surface area contributed by atoms with E-state index in [4.69, 9.17) is 10.5 Å². The number of anilines is 1. The van der Waals surface area contributed by atoms with Crippen molar-refractivity contribution in [2.75, 3.05) is 26.0 Å². The number of nitrogens with two attached hydrogens (primary N) is 1. The molecule has 0 bridgehead atoms. The second-order valence-corrected chi connectivity index (χ2v) is 4.46. The summed E-state index contributed by atoms with van der Waals surface area (Å²) >= 11 is 0. The van der Waals surface area contributed by atoms with Gasteiger partial charge in [-0.3, -0.25) is 14.9 Å². The van der Waals surface area contributed by atoms with Gasteiger partial charge in [-0.25, -0.2) is 4.39 Å². The minimum Gasteiger partial charge on any atom is -0.396 e. The van der Waals surface area contributed by atoms with Gasteiger partial charge in [0.1, 0.15) is 5.56 Å². The summed E-state index contributed by atoms with van der Waals surface area (Å²) in [6, 6.07) is 1.64. The Balaban J connectivity index is 2.65. The van der Waals surface area contributed by atoms with Crippen molar-refractivity contribution in [1.82, 2.24) is 5.32 Å². The number of nitro groups is 1. The highest BCUT2D eigenvalue weighted by molar-refractivity contribution is 5.99. The summed E-state index contributed by atoms with van der Waals surface area (Å²) in [4.78, 5) is 21.9. The predicted molar refractivity (Wildman–Crippen MR) is 75.5 cm³/mol. The standard InChI is InChI=1S/C13H18FN3O4/c1-21-6-4-2-3-5-16-13(18)9-7-11(15)10(14)8-12(9)17(19)20/h7-8H,2-6,15H2,1H3,(H,16,18). The van der Waals surface area contributed by atoms with Crippen LogP contribution in [-0.4, -0.2) is 31.1 Å². The number of rotatable bonds is 8. The van der Waals surface area contributed by atoms with E-state index < -0.39 is 22.3 Å². The van der Waals surface area contributed by atoms with E-state index >= 15 is 0 Å². The Morgan fingerprint density at radius 3 is 2.76 bits per heavy atom. The Morgan fingerprint density at radius 1 is 1.43 bits per heavy atom. The number of methoxy groups -OCH3 is 1. The first-order valence-electron chi connectivity index (χ1n) is 6.48. The van der Waals surface area contributed by atoms with Crippen molar-refractivity contribution in [3.8, 4) is 0 Å². The van der Waals surface area contributed by atoms with Crippen LogP contribution >= 0.6 is 0 Å². The summed E-state index contributed by atoms with van der Waals surface area (Å²) in [5.74, 6) is -1.56. The number of amides is 1. The predicted octanol–water partition coefficient (Wildman–Crippen LogP) is 1.86. The Kier molecular flexibility index (Phi) is 6.54. The van der Waals surface area contributed by atoms with Crippen LogP contribution in [0.4, 0.5) is 15.8 Å². The van der Waals surface area contributed by atoms with Gasteiger partial charge in [0.05, 0.1) is 16.7 Å². The van der Waals surface area contributed by atoms with Crippen LogP contribution < -0.4 is 11.1 Å². The average Bonchev–Trinajstić information content (AvgIpc) is 2.44. The van der Waals surface area contributed by atoms with Gasteiger partial charge in [0.15, 0.2) is 5.82 Å². The van der Waals surface area contributed by atoms with Crippen LogP contribution in [0, 0.1) is 15.9 Å². The normalized spacial score (nSPS) is 10.4. The summed E-state index contributed by atoms with van der Waals surface area (Å²) in [7, 11) is 1.61. The lowest BCUT2D eigenvalue weighted by atomic mass is 10.1. The number of nitrogens with one attached hydrogen (secondary N) is 1. The molecule has 7 nitrogen and oxygen atoms in total. The molecule has 0 saturated heterocycles. The van der Waals surface area contributed by atoms with E-state index in [2.05, 4.69) is 5.32 Å². The van der Waals surface area contributed by atoms with Crippen LogP contribution in [-0.2, 0) is 4.74 Å². The topological polar surface area (TPSA) is 107 Å². The lowest BCUT2D eigenvalue weighted by Crippen LogP contribution is -2.25. The molecule has 0 heterocycles. The zero-order chi connectivity index (χ0) is 15.8. The van der Waals surface area contributed by atoms with Crippen LogP contribution in [0.5, 0.6) is 0 Å². The van der Waals surface area contributed by atoms with Gasteiger partial charge in [0.2, 0.25) is 0 Å². The van der Waals surface area contributed by atoms with E-state index in [9.17, 15) is 19.3 Å².